The summed E-state index contributed by atoms with van der Waals surface area (Å²) in [6, 6.07) is 8.29. The molecule has 0 atom stereocenters. The quantitative estimate of drug-likeness (QED) is 0.683. The SMILES string of the molecule is Fc1ccc(Nc2nncc(Nc3cc(Cl)cc(Cl)c3)n2)cc1F. The summed E-state index contributed by atoms with van der Waals surface area (Å²) in [6.45, 7) is 0. The molecular weight excluding hydrogens is 359 g/mol. The van der Waals surface area contributed by atoms with E-state index in [2.05, 4.69) is 25.8 Å². The average molecular weight is 368 g/mol. The Hall–Kier alpha value is -2.51. The highest BCUT2D eigenvalue weighted by Crippen LogP contribution is 2.25. The normalized spacial score (nSPS) is 10.5. The molecule has 1 heterocycles. The lowest BCUT2D eigenvalue weighted by atomic mass is 10.3. The monoisotopic (exact) mass is 367 g/mol. The maximum absolute atomic E-state index is 13.2. The van der Waals surface area contributed by atoms with Gasteiger partial charge in [0.1, 0.15) is 0 Å². The Kier molecular flexibility index (Phi) is 4.73. The van der Waals surface area contributed by atoms with E-state index in [1.807, 2.05) is 0 Å². The van der Waals surface area contributed by atoms with Crippen LogP contribution in [0, 0.1) is 11.6 Å². The van der Waals surface area contributed by atoms with Crippen LogP contribution >= 0.6 is 23.2 Å². The van der Waals surface area contributed by atoms with Crippen LogP contribution in [0.5, 0.6) is 0 Å². The van der Waals surface area contributed by atoms with Gasteiger partial charge >= 0.3 is 0 Å². The van der Waals surface area contributed by atoms with Gasteiger partial charge in [-0.25, -0.2) is 8.78 Å². The summed E-state index contributed by atoms with van der Waals surface area (Å²) in [5.41, 5.74) is 0.908. The summed E-state index contributed by atoms with van der Waals surface area (Å²) in [5.74, 6) is -1.43. The maximum atomic E-state index is 13.2. The number of nitrogens with zero attached hydrogens (tertiary/aromatic N) is 3. The van der Waals surface area contributed by atoms with Gasteiger partial charge in [0.25, 0.3) is 0 Å². The van der Waals surface area contributed by atoms with Crippen molar-refractivity contribution in [2.75, 3.05) is 10.6 Å². The highest BCUT2D eigenvalue weighted by atomic mass is 35.5. The number of aromatic nitrogens is 3. The van der Waals surface area contributed by atoms with Gasteiger partial charge in [-0.3, -0.25) is 0 Å². The Balaban J connectivity index is 1.79. The second-order valence-corrected chi connectivity index (χ2v) is 5.58. The van der Waals surface area contributed by atoms with Gasteiger partial charge in [0, 0.05) is 27.5 Å². The van der Waals surface area contributed by atoms with Crippen molar-refractivity contribution in [3.05, 3.63) is 64.3 Å². The zero-order valence-electron chi connectivity index (χ0n) is 11.9. The van der Waals surface area contributed by atoms with Gasteiger partial charge in [-0.2, -0.15) is 10.1 Å². The molecule has 0 unspecified atom stereocenters. The minimum Gasteiger partial charge on any atom is -0.339 e. The molecule has 1 aromatic heterocycles. The number of hydrogen-bond acceptors (Lipinski definition) is 5. The fourth-order valence-corrected chi connectivity index (χ4v) is 2.42. The Morgan fingerprint density at radius 2 is 1.58 bits per heavy atom. The first kappa shape index (κ1) is 16.4. The predicted molar refractivity (Wildman–Crippen MR) is 89.2 cm³/mol. The van der Waals surface area contributed by atoms with Gasteiger partial charge in [-0.05, 0) is 30.3 Å². The van der Waals surface area contributed by atoms with Gasteiger partial charge < -0.3 is 10.6 Å². The molecule has 3 rings (SSSR count). The average Bonchev–Trinajstić information content (AvgIpc) is 2.50. The molecule has 0 saturated carbocycles. The molecule has 0 saturated heterocycles. The van der Waals surface area contributed by atoms with Crippen LogP contribution in [0.15, 0.2) is 42.6 Å². The molecule has 0 aliphatic heterocycles. The number of benzene rings is 2. The van der Waals surface area contributed by atoms with E-state index in [1.54, 1.807) is 18.2 Å². The first-order valence-electron chi connectivity index (χ1n) is 6.64. The molecule has 122 valence electrons. The Morgan fingerprint density at radius 3 is 2.29 bits per heavy atom. The van der Waals surface area contributed by atoms with Crippen LogP contribution in [0.25, 0.3) is 0 Å². The van der Waals surface area contributed by atoms with Crippen LogP contribution in [0.2, 0.25) is 10.0 Å². The molecule has 0 aliphatic rings. The molecule has 2 aromatic carbocycles. The van der Waals surface area contributed by atoms with E-state index in [1.165, 1.54) is 12.3 Å². The number of anilines is 4. The lowest BCUT2D eigenvalue weighted by Gasteiger charge is -2.08. The molecule has 0 aliphatic carbocycles. The van der Waals surface area contributed by atoms with E-state index in [0.29, 0.717) is 27.2 Å². The summed E-state index contributed by atoms with van der Waals surface area (Å²) < 4.78 is 26.1. The summed E-state index contributed by atoms with van der Waals surface area (Å²) >= 11 is 11.9. The van der Waals surface area contributed by atoms with Crippen molar-refractivity contribution in [1.29, 1.82) is 0 Å². The van der Waals surface area contributed by atoms with E-state index in [4.69, 9.17) is 23.2 Å². The smallest absolute Gasteiger partial charge is 0.249 e. The van der Waals surface area contributed by atoms with E-state index in [9.17, 15) is 8.78 Å². The van der Waals surface area contributed by atoms with Crippen molar-refractivity contribution >= 4 is 46.3 Å². The number of rotatable bonds is 4. The molecule has 24 heavy (non-hydrogen) atoms. The molecule has 3 aromatic rings. The second-order valence-electron chi connectivity index (χ2n) is 4.70. The number of halogens is 4. The van der Waals surface area contributed by atoms with Crippen LogP contribution in [0.1, 0.15) is 0 Å². The van der Waals surface area contributed by atoms with Gasteiger partial charge in [-0.15, -0.1) is 5.10 Å². The molecule has 2 N–H and O–H groups in total. The summed E-state index contributed by atoms with van der Waals surface area (Å²) in [6.07, 6.45) is 1.39. The fourth-order valence-electron chi connectivity index (χ4n) is 1.89. The van der Waals surface area contributed by atoms with Crippen molar-refractivity contribution in [1.82, 2.24) is 15.2 Å². The third-order valence-electron chi connectivity index (χ3n) is 2.87. The van der Waals surface area contributed by atoms with E-state index < -0.39 is 11.6 Å². The minimum absolute atomic E-state index is 0.110. The van der Waals surface area contributed by atoms with Crippen molar-refractivity contribution < 1.29 is 8.78 Å². The zero-order chi connectivity index (χ0) is 17.1. The van der Waals surface area contributed by atoms with Gasteiger partial charge in [0.2, 0.25) is 5.95 Å². The Bertz CT molecular complexity index is 871. The fraction of sp³-hybridized carbons (Fsp3) is 0. The van der Waals surface area contributed by atoms with Gasteiger partial charge in [0.05, 0.1) is 6.20 Å². The third kappa shape index (κ3) is 4.06. The lowest BCUT2D eigenvalue weighted by Crippen LogP contribution is -2.02. The number of hydrogen-bond donors (Lipinski definition) is 2. The molecule has 9 heteroatoms. The van der Waals surface area contributed by atoms with Gasteiger partial charge in [0.15, 0.2) is 17.5 Å². The van der Waals surface area contributed by atoms with E-state index in [0.717, 1.165) is 12.1 Å². The minimum atomic E-state index is -0.976. The lowest BCUT2D eigenvalue weighted by molar-refractivity contribution is 0.509. The Labute approximate surface area is 145 Å². The zero-order valence-corrected chi connectivity index (χ0v) is 13.4. The van der Waals surface area contributed by atoms with E-state index in [-0.39, 0.29) is 5.95 Å². The van der Waals surface area contributed by atoms with Crippen LogP contribution in [0.4, 0.5) is 31.9 Å². The molecule has 0 radical (unpaired) electrons. The first-order chi connectivity index (χ1) is 11.5. The third-order valence-corrected chi connectivity index (χ3v) is 3.31. The molecule has 0 amide bonds. The standard InChI is InChI=1S/C15H9Cl2F2N5/c16-8-3-9(17)5-11(4-8)21-14-7-20-24-15(23-14)22-10-1-2-12(18)13(19)6-10/h1-7H,(H2,21,22,23,24). The van der Waals surface area contributed by atoms with Crippen molar-refractivity contribution in [2.45, 2.75) is 0 Å². The highest BCUT2D eigenvalue weighted by Gasteiger charge is 2.06. The number of nitrogens with one attached hydrogen (secondary N) is 2. The van der Waals surface area contributed by atoms with Crippen LogP contribution in [-0.4, -0.2) is 15.2 Å². The van der Waals surface area contributed by atoms with Crippen molar-refractivity contribution in [3.8, 4) is 0 Å². The second kappa shape index (κ2) is 6.94. The first-order valence-corrected chi connectivity index (χ1v) is 7.40. The van der Waals surface area contributed by atoms with E-state index >= 15 is 0 Å². The van der Waals surface area contributed by atoms with Crippen molar-refractivity contribution in [3.63, 3.8) is 0 Å². The van der Waals surface area contributed by atoms with Crippen LogP contribution in [0.3, 0.4) is 0 Å². The molecule has 0 spiro atoms. The summed E-state index contributed by atoms with van der Waals surface area (Å²) in [5, 5.41) is 14.2. The molecule has 0 bridgehead atoms. The largest absolute Gasteiger partial charge is 0.339 e. The van der Waals surface area contributed by atoms with Crippen LogP contribution < -0.4 is 10.6 Å². The molecule has 0 fully saturated rings. The summed E-state index contributed by atoms with van der Waals surface area (Å²) in [4.78, 5) is 4.18. The topological polar surface area (TPSA) is 62.7 Å². The maximum Gasteiger partial charge on any atom is 0.249 e. The van der Waals surface area contributed by atoms with Gasteiger partial charge in [-0.1, -0.05) is 23.2 Å². The molecule has 5 nitrogen and oxygen atoms in total. The van der Waals surface area contributed by atoms with Crippen LogP contribution in [-0.2, 0) is 0 Å². The highest BCUT2D eigenvalue weighted by molar-refractivity contribution is 6.35. The Morgan fingerprint density at radius 1 is 0.833 bits per heavy atom. The summed E-state index contributed by atoms with van der Waals surface area (Å²) in [7, 11) is 0. The van der Waals surface area contributed by atoms with Crippen molar-refractivity contribution in [2.24, 2.45) is 0 Å². The molecular formula is C15H9Cl2F2N5. The predicted octanol–water partition coefficient (Wildman–Crippen LogP) is 4.94.